The molecule has 3 N–H and O–H groups in total. The maximum absolute atomic E-state index is 13.1. The van der Waals surface area contributed by atoms with Gasteiger partial charge in [-0.3, -0.25) is 37.3 Å². The van der Waals surface area contributed by atoms with Gasteiger partial charge in [0, 0.05) is 25.7 Å². The maximum atomic E-state index is 13.1. The molecule has 0 fully saturated rings. The number of ether oxygens (including phenoxy) is 4. The average Bonchev–Trinajstić information content (AvgIpc) is 0.903. The summed E-state index contributed by atoms with van der Waals surface area (Å²) in [5.74, 6) is -1.24. The van der Waals surface area contributed by atoms with Gasteiger partial charge in [0.25, 0.3) is 0 Å². The van der Waals surface area contributed by atoms with Gasteiger partial charge in [-0.25, -0.2) is 9.13 Å². The summed E-state index contributed by atoms with van der Waals surface area (Å²) in [6, 6.07) is 0. The highest BCUT2D eigenvalue weighted by Crippen LogP contribution is 2.45. The molecule has 107 heavy (non-hydrogen) atoms. The molecule has 0 amide bonds. The molecule has 0 saturated heterocycles. The number of hydrogen-bond acceptors (Lipinski definition) is 15. The lowest BCUT2D eigenvalue weighted by Gasteiger charge is -2.21. The van der Waals surface area contributed by atoms with E-state index >= 15 is 0 Å². The fraction of sp³-hybridized carbons (Fsp3) is 0.955. The number of phosphoric acid groups is 2. The van der Waals surface area contributed by atoms with E-state index in [4.69, 9.17) is 37.0 Å². The van der Waals surface area contributed by atoms with Gasteiger partial charge in [0.15, 0.2) is 12.2 Å². The predicted octanol–water partition coefficient (Wildman–Crippen LogP) is 27.2. The van der Waals surface area contributed by atoms with Crippen LogP contribution in [0.25, 0.3) is 0 Å². The van der Waals surface area contributed by atoms with Gasteiger partial charge < -0.3 is 33.8 Å². The van der Waals surface area contributed by atoms with Crippen molar-refractivity contribution in [3.8, 4) is 0 Å². The van der Waals surface area contributed by atoms with Gasteiger partial charge in [0.05, 0.1) is 26.4 Å². The third kappa shape index (κ3) is 80.5. The number of aliphatic hydroxyl groups excluding tert-OH is 1. The Balaban J connectivity index is 5.09. The Kier molecular flexibility index (Phi) is 79.2. The Hall–Kier alpha value is -1.94. The van der Waals surface area contributed by atoms with E-state index < -0.39 is 97.5 Å². The van der Waals surface area contributed by atoms with Crippen molar-refractivity contribution < 1.29 is 80.2 Å². The Morgan fingerprint density at radius 3 is 0.664 bits per heavy atom. The zero-order valence-electron chi connectivity index (χ0n) is 70.3. The van der Waals surface area contributed by atoms with Crippen LogP contribution in [0.5, 0.6) is 0 Å². The Morgan fingerprint density at radius 1 is 0.262 bits per heavy atom. The second-order valence-corrected chi connectivity index (χ2v) is 34.8. The first-order valence-corrected chi connectivity index (χ1v) is 48.7. The largest absolute Gasteiger partial charge is 0.472 e. The van der Waals surface area contributed by atoms with Gasteiger partial charge in [-0.05, 0) is 31.6 Å². The zero-order chi connectivity index (χ0) is 78.3. The van der Waals surface area contributed by atoms with Crippen LogP contribution < -0.4 is 0 Å². The van der Waals surface area contributed by atoms with Crippen molar-refractivity contribution >= 4 is 39.5 Å². The van der Waals surface area contributed by atoms with E-state index in [0.29, 0.717) is 25.7 Å². The van der Waals surface area contributed by atoms with Crippen molar-refractivity contribution in [3.05, 3.63) is 0 Å². The highest BCUT2D eigenvalue weighted by molar-refractivity contribution is 7.47. The lowest BCUT2D eigenvalue weighted by molar-refractivity contribution is -0.161. The van der Waals surface area contributed by atoms with Gasteiger partial charge >= 0.3 is 39.5 Å². The summed E-state index contributed by atoms with van der Waals surface area (Å²) < 4.78 is 68.7. The van der Waals surface area contributed by atoms with Crippen LogP contribution in [0.15, 0.2) is 0 Å². The summed E-state index contributed by atoms with van der Waals surface area (Å²) in [6.07, 6.45) is 75.6. The monoisotopic (exact) mass is 1560 g/mol. The van der Waals surface area contributed by atoms with Crippen LogP contribution in [0.3, 0.4) is 0 Å². The molecule has 0 radical (unpaired) electrons. The molecule has 0 saturated carbocycles. The summed E-state index contributed by atoms with van der Waals surface area (Å²) in [6.45, 7) is 7.35. The normalized spacial score (nSPS) is 14.0. The second kappa shape index (κ2) is 80.7. The van der Waals surface area contributed by atoms with Crippen LogP contribution in [0.2, 0.25) is 0 Å². The minimum Gasteiger partial charge on any atom is -0.462 e. The molecule has 0 aliphatic rings. The number of phosphoric ester groups is 2. The highest BCUT2D eigenvalue weighted by atomic mass is 31.2. The molecule has 0 aliphatic heterocycles. The van der Waals surface area contributed by atoms with E-state index in [2.05, 4.69) is 34.6 Å². The van der Waals surface area contributed by atoms with Crippen LogP contribution in [0.1, 0.15) is 478 Å². The van der Waals surface area contributed by atoms with Crippen molar-refractivity contribution in [2.45, 2.75) is 496 Å². The molecule has 0 aliphatic carbocycles. The molecule has 17 nitrogen and oxygen atoms in total. The molecular weight excluding hydrogens is 1390 g/mol. The fourth-order valence-electron chi connectivity index (χ4n) is 13.8. The number of carbonyl (C=O) groups excluding carboxylic acids is 4. The van der Waals surface area contributed by atoms with Gasteiger partial charge in [-0.15, -0.1) is 0 Å². The fourth-order valence-corrected chi connectivity index (χ4v) is 15.4. The minimum absolute atomic E-state index is 0.108. The van der Waals surface area contributed by atoms with E-state index in [-0.39, 0.29) is 25.7 Å². The van der Waals surface area contributed by atoms with Gasteiger partial charge in [-0.1, -0.05) is 426 Å². The molecule has 0 aromatic rings. The number of aliphatic hydroxyl groups is 1. The van der Waals surface area contributed by atoms with Crippen molar-refractivity contribution in [3.63, 3.8) is 0 Å². The first-order valence-electron chi connectivity index (χ1n) is 45.7. The lowest BCUT2D eigenvalue weighted by atomic mass is 9.99. The maximum Gasteiger partial charge on any atom is 0.472 e. The number of hydrogen-bond donors (Lipinski definition) is 3. The standard InChI is InChI=1S/C88H172O17P2/c1-6-10-13-16-18-20-22-24-26-28-30-31-32-33-38-41-45-49-53-57-62-67-72-86(91)99-78-84(105-88(93)74-69-64-59-55-51-47-43-39-35-34-36-40-44-48-52-56-61-65-70-81(5)9-4)80-103-107(96,97)101-76-82(89)75-100-106(94,95)102-79-83(77-98-85(90)71-66-60-15-12-8-3)104-87(92)73-68-63-58-54-50-46-42-37-29-27-25-23-21-19-17-14-11-7-2/h81-84,89H,6-80H2,1-5H3,(H,94,95)(H,96,97)/t81?,82-,83+,84+/m0/s1. The van der Waals surface area contributed by atoms with Gasteiger partial charge in [0.1, 0.15) is 19.3 Å². The molecule has 0 rings (SSSR count). The summed E-state index contributed by atoms with van der Waals surface area (Å²) in [4.78, 5) is 72.9. The third-order valence-electron chi connectivity index (χ3n) is 21.1. The molecule has 6 atom stereocenters. The SMILES string of the molecule is CCCCCCCCCCCCCCCCCCCCCCCCC(=O)OC[C@H](COP(=O)(O)OC[C@@H](O)COP(=O)(O)OC[C@@H](COC(=O)CCCCCCC)OC(=O)CCCCCCCCCCCCCCCCCCCC)OC(=O)CCCCCCCCCCCCCCCCCCCCC(C)CC. The number of unbranched alkanes of at least 4 members (excludes halogenated alkanes) is 59. The van der Waals surface area contributed by atoms with E-state index in [9.17, 15) is 43.2 Å². The average molecular weight is 1560 g/mol. The Labute approximate surface area is 658 Å². The van der Waals surface area contributed by atoms with Crippen LogP contribution in [0.4, 0.5) is 0 Å². The molecule has 19 heteroatoms. The zero-order valence-corrected chi connectivity index (χ0v) is 72.1. The van der Waals surface area contributed by atoms with Crippen molar-refractivity contribution in [2.24, 2.45) is 5.92 Å². The number of carbonyl (C=O) groups is 4. The summed E-state index contributed by atoms with van der Waals surface area (Å²) in [7, 11) is -9.92. The van der Waals surface area contributed by atoms with E-state index in [1.165, 1.54) is 295 Å². The van der Waals surface area contributed by atoms with Crippen LogP contribution >= 0.6 is 15.6 Å². The lowest BCUT2D eigenvalue weighted by Crippen LogP contribution is -2.30. The molecule has 0 spiro atoms. The van der Waals surface area contributed by atoms with E-state index in [1.54, 1.807) is 0 Å². The minimum atomic E-state index is -4.96. The predicted molar refractivity (Wildman–Crippen MR) is 442 cm³/mol. The first-order chi connectivity index (χ1) is 52.1. The quantitative estimate of drug-likeness (QED) is 0.0222. The van der Waals surface area contributed by atoms with Gasteiger partial charge in [-0.2, -0.15) is 0 Å². The second-order valence-electron chi connectivity index (χ2n) is 31.9. The van der Waals surface area contributed by atoms with E-state index in [1.807, 2.05) is 0 Å². The van der Waals surface area contributed by atoms with Crippen LogP contribution in [-0.4, -0.2) is 96.7 Å². The smallest absolute Gasteiger partial charge is 0.462 e. The summed E-state index contributed by atoms with van der Waals surface area (Å²) in [5, 5.41) is 10.6. The topological polar surface area (TPSA) is 237 Å². The van der Waals surface area contributed by atoms with Gasteiger partial charge in [0.2, 0.25) is 0 Å². The van der Waals surface area contributed by atoms with Crippen LogP contribution in [-0.2, 0) is 65.4 Å². The highest BCUT2D eigenvalue weighted by Gasteiger charge is 2.30. The molecule has 0 aromatic carbocycles. The van der Waals surface area contributed by atoms with Crippen LogP contribution in [0, 0.1) is 5.92 Å². The number of rotatable bonds is 88. The van der Waals surface area contributed by atoms with E-state index in [0.717, 1.165) is 102 Å². The van der Waals surface area contributed by atoms with Crippen molar-refractivity contribution in [1.82, 2.24) is 0 Å². The molecule has 0 heterocycles. The molecular formula is C88H172O17P2. The Bertz CT molecular complexity index is 2030. The molecule has 0 bridgehead atoms. The summed E-state index contributed by atoms with van der Waals surface area (Å²) in [5.41, 5.74) is 0. The summed E-state index contributed by atoms with van der Waals surface area (Å²) >= 11 is 0. The number of esters is 4. The molecule has 636 valence electrons. The van der Waals surface area contributed by atoms with Crippen molar-refractivity contribution in [2.75, 3.05) is 39.6 Å². The first kappa shape index (κ1) is 105. The molecule has 0 aromatic heterocycles. The Morgan fingerprint density at radius 2 is 0.449 bits per heavy atom. The van der Waals surface area contributed by atoms with Crippen molar-refractivity contribution in [1.29, 1.82) is 0 Å². The third-order valence-corrected chi connectivity index (χ3v) is 23.0. The molecule has 3 unspecified atom stereocenters.